The number of carbonyl (C=O) groups is 1. The Morgan fingerprint density at radius 1 is 0.943 bits per heavy atom. The maximum absolute atomic E-state index is 13.5. The molecule has 0 fully saturated rings. The Morgan fingerprint density at radius 3 is 2.26 bits per heavy atom. The first-order chi connectivity index (χ1) is 17.1. The van der Waals surface area contributed by atoms with Crippen LogP contribution in [-0.4, -0.2) is 24.7 Å². The smallest absolute Gasteiger partial charge is 0.273 e. The van der Waals surface area contributed by atoms with Gasteiger partial charge < -0.3 is 14.8 Å². The SMILES string of the molecule is COc1ccccc1C=c1sc(=C(C#N)C(=O)Nc2ccccc2OC)n(-c2ccccc2)c1=O. The summed E-state index contributed by atoms with van der Waals surface area (Å²) in [5.74, 6) is 0.410. The molecule has 4 rings (SSSR count). The zero-order valence-electron chi connectivity index (χ0n) is 19.0. The van der Waals surface area contributed by atoms with Crippen LogP contribution in [-0.2, 0) is 4.79 Å². The first-order valence-electron chi connectivity index (χ1n) is 10.6. The van der Waals surface area contributed by atoms with Crippen molar-refractivity contribution in [2.24, 2.45) is 0 Å². The highest BCUT2D eigenvalue weighted by molar-refractivity contribution is 7.07. The van der Waals surface area contributed by atoms with Crippen molar-refractivity contribution in [2.45, 2.75) is 0 Å². The summed E-state index contributed by atoms with van der Waals surface area (Å²) in [5.41, 5.74) is 1.12. The lowest BCUT2D eigenvalue weighted by Crippen LogP contribution is -2.32. The molecule has 0 aliphatic carbocycles. The van der Waals surface area contributed by atoms with Crippen molar-refractivity contribution in [2.75, 3.05) is 19.5 Å². The predicted molar refractivity (Wildman–Crippen MR) is 136 cm³/mol. The molecule has 0 unspecified atom stereocenters. The van der Waals surface area contributed by atoms with Crippen LogP contribution in [0.4, 0.5) is 5.69 Å². The van der Waals surface area contributed by atoms with E-state index in [4.69, 9.17) is 9.47 Å². The summed E-state index contributed by atoms with van der Waals surface area (Å²) in [4.78, 5) is 26.7. The standard InChI is InChI=1S/C27H21N3O4S/c1-33-22-14-8-6-10-18(22)16-24-26(32)30(19-11-4-3-5-12-19)27(35-24)20(17-28)25(31)29-21-13-7-9-15-23(21)34-2/h3-16H,1-2H3,(H,29,31). The quantitative estimate of drug-likeness (QED) is 0.455. The molecule has 1 heterocycles. The molecule has 0 saturated carbocycles. The molecule has 0 aliphatic rings. The molecule has 8 heteroatoms. The van der Waals surface area contributed by atoms with Gasteiger partial charge in [0.1, 0.15) is 22.2 Å². The molecule has 7 nitrogen and oxygen atoms in total. The number of benzene rings is 3. The summed E-state index contributed by atoms with van der Waals surface area (Å²) in [7, 11) is 3.05. The van der Waals surface area contributed by atoms with Crippen LogP contribution in [0.1, 0.15) is 5.56 Å². The fraction of sp³-hybridized carbons (Fsp3) is 0.0741. The Hall–Kier alpha value is -4.61. The normalized spacial score (nSPS) is 12.0. The number of nitrogens with one attached hydrogen (secondary N) is 1. The van der Waals surface area contributed by atoms with Crippen molar-refractivity contribution in [3.05, 3.63) is 104 Å². The third-order valence-corrected chi connectivity index (χ3v) is 6.26. The highest BCUT2D eigenvalue weighted by Gasteiger charge is 2.18. The van der Waals surface area contributed by atoms with Crippen LogP contribution < -0.4 is 29.5 Å². The number of anilines is 1. The van der Waals surface area contributed by atoms with E-state index < -0.39 is 5.91 Å². The lowest BCUT2D eigenvalue weighted by atomic mass is 10.2. The minimum atomic E-state index is -0.647. The lowest BCUT2D eigenvalue weighted by molar-refractivity contribution is -0.111. The molecule has 35 heavy (non-hydrogen) atoms. The second kappa shape index (κ2) is 10.5. The fourth-order valence-corrected chi connectivity index (χ4v) is 4.61. The van der Waals surface area contributed by atoms with Gasteiger partial charge in [-0.3, -0.25) is 14.2 Å². The van der Waals surface area contributed by atoms with Gasteiger partial charge in [0.15, 0.2) is 5.57 Å². The van der Waals surface area contributed by atoms with Gasteiger partial charge >= 0.3 is 0 Å². The van der Waals surface area contributed by atoms with Gasteiger partial charge in [0, 0.05) is 5.56 Å². The first kappa shape index (κ1) is 23.5. The number of nitriles is 1. The Kier molecular flexibility index (Phi) is 7.10. The van der Waals surface area contributed by atoms with Gasteiger partial charge in [0.25, 0.3) is 11.5 Å². The van der Waals surface area contributed by atoms with E-state index in [-0.39, 0.29) is 15.8 Å². The van der Waals surface area contributed by atoms with E-state index in [9.17, 15) is 14.9 Å². The van der Waals surface area contributed by atoms with Gasteiger partial charge in [-0.15, -0.1) is 11.3 Å². The number of methoxy groups -OCH3 is 2. The minimum absolute atomic E-state index is 0.193. The molecule has 4 aromatic rings. The van der Waals surface area contributed by atoms with Crippen LogP contribution in [0.25, 0.3) is 17.3 Å². The highest BCUT2D eigenvalue weighted by Crippen LogP contribution is 2.23. The van der Waals surface area contributed by atoms with Crippen LogP contribution in [0, 0.1) is 11.3 Å². The predicted octanol–water partition coefficient (Wildman–Crippen LogP) is 3.06. The number of hydrogen-bond acceptors (Lipinski definition) is 6. The maximum atomic E-state index is 13.5. The third kappa shape index (κ3) is 4.86. The first-order valence-corrected chi connectivity index (χ1v) is 11.4. The number of hydrogen-bond donors (Lipinski definition) is 1. The fourth-order valence-electron chi connectivity index (χ4n) is 3.52. The van der Waals surface area contributed by atoms with E-state index in [0.717, 1.165) is 11.3 Å². The number of rotatable bonds is 6. The molecule has 3 aromatic carbocycles. The van der Waals surface area contributed by atoms with Crippen molar-refractivity contribution in [3.8, 4) is 23.3 Å². The molecule has 1 amide bonds. The average Bonchev–Trinajstić information content (AvgIpc) is 3.20. The molecule has 0 bridgehead atoms. The summed E-state index contributed by atoms with van der Waals surface area (Å²) in [6.07, 6.45) is 1.70. The monoisotopic (exact) mass is 483 g/mol. The summed E-state index contributed by atoms with van der Waals surface area (Å²) < 4.78 is 12.7. The maximum Gasteiger partial charge on any atom is 0.273 e. The largest absolute Gasteiger partial charge is 0.496 e. The molecule has 1 N–H and O–H groups in total. The van der Waals surface area contributed by atoms with Crippen molar-refractivity contribution in [1.82, 2.24) is 4.57 Å². The summed E-state index contributed by atoms with van der Waals surface area (Å²) in [6, 6.07) is 25.1. The Bertz CT molecular complexity index is 1600. The number of nitrogens with zero attached hydrogens (tertiary/aromatic N) is 2. The Labute approximate surface area is 205 Å². The molecule has 0 radical (unpaired) electrons. The van der Waals surface area contributed by atoms with Crippen LogP contribution in [0.3, 0.4) is 0 Å². The number of amides is 1. The van der Waals surface area contributed by atoms with Gasteiger partial charge in [-0.05, 0) is 36.4 Å². The zero-order valence-corrected chi connectivity index (χ0v) is 19.8. The second-order valence-electron chi connectivity index (χ2n) is 7.28. The second-order valence-corrected chi connectivity index (χ2v) is 8.31. The summed E-state index contributed by atoms with van der Waals surface area (Å²) in [6.45, 7) is 0. The van der Waals surface area contributed by atoms with Crippen molar-refractivity contribution < 1.29 is 14.3 Å². The van der Waals surface area contributed by atoms with Crippen molar-refractivity contribution in [3.63, 3.8) is 0 Å². The molecule has 0 spiro atoms. The number of para-hydroxylation sites is 4. The Balaban J connectivity index is 1.97. The van der Waals surface area contributed by atoms with Gasteiger partial charge in [-0.25, -0.2) is 0 Å². The van der Waals surface area contributed by atoms with E-state index in [2.05, 4.69) is 5.32 Å². The van der Waals surface area contributed by atoms with Gasteiger partial charge in [-0.2, -0.15) is 5.26 Å². The summed E-state index contributed by atoms with van der Waals surface area (Å²) in [5, 5.41) is 12.7. The van der Waals surface area contributed by atoms with E-state index in [1.54, 1.807) is 67.8 Å². The van der Waals surface area contributed by atoms with E-state index in [0.29, 0.717) is 33.0 Å². The van der Waals surface area contributed by atoms with Crippen LogP contribution in [0.2, 0.25) is 0 Å². The van der Waals surface area contributed by atoms with Crippen LogP contribution in [0.5, 0.6) is 11.5 Å². The van der Waals surface area contributed by atoms with E-state index in [1.807, 2.05) is 30.3 Å². The summed E-state index contributed by atoms with van der Waals surface area (Å²) >= 11 is 1.06. The van der Waals surface area contributed by atoms with Gasteiger partial charge in [0.05, 0.1) is 30.1 Å². The highest BCUT2D eigenvalue weighted by atomic mass is 32.1. The zero-order chi connectivity index (χ0) is 24.8. The number of aromatic nitrogens is 1. The van der Waals surface area contributed by atoms with Gasteiger partial charge in [-0.1, -0.05) is 48.5 Å². The number of thiazole rings is 1. The number of ether oxygens (including phenoxy) is 2. The molecule has 0 saturated heterocycles. The lowest BCUT2D eigenvalue weighted by Gasteiger charge is -2.09. The van der Waals surface area contributed by atoms with E-state index in [1.165, 1.54) is 11.7 Å². The third-order valence-electron chi connectivity index (χ3n) is 5.17. The van der Waals surface area contributed by atoms with E-state index >= 15 is 0 Å². The molecule has 174 valence electrons. The topological polar surface area (TPSA) is 93.3 Å². The number of carbonyl (C=O) groups excluding carboxylic acids is 1. The molecule has 0 aliphatic heterocycles. The molecular weight excluding hydrogens is 462 g/mol. The van der Waals surface area contributed by atoms with Crippen LogP contribution in [0.15, 0.2) is 83.7 Å². The molecular formula is C27H21N3O4S. The van der Waals surface area contributed by atoms with Crippen LogP contribution >= 0.6 is 11.3 Å². The van der Waals surface area contributed by atoms with Crippen molar-refractivity contribution >= 4 is 34.6 Å². The molecule has 1 aromatic heterocycles. The van der Waals surface area contributed by atoms with Crippen molar-refractivity contribution in [1.29, 1.82) is 5.26 Å². The minimum Gasteiger partial charge on any atom is -0.496 e. The average molecular weight is 484 g/mol. The molecule has 0 atom stereocenters. The van der Waals surface area contributed by atoms with Gasteiger partial charge in [0.2, 0.25) is 0 Å². The Morgan fingerprint density at radius 2 is 1.57 bits per heavy atom.